The number of halogens is 3. The summed E-state index contributed by atoms with van der Waals surface area (Å²) in [6, 6.07) is 22.5. The molecule has 0 saturated carbocycles. The number of para-hydroxylation sites is 1. The van der Waals surface area contributed by atoms with Crippen molar-refractivity contribution in [2.24, 2.45) is 0 Å². The molecule has 4 aromatic rings. The van der Waals surface area contributed by atoms with E-state index in [2.05, 4.69) is 10.3 Å². The van der Waals surface area contributed by atoms with Crippen molar-refractivity contribution in [3.05, 3.63) is 89.8 Å². The van der Waals surface area contributed by atoms with Gasteiger partial charge >= 0.3 is 6.18 Å². The molecule has 0 aliphatic heterocycles. The number of pyridine rings is 1. The van der Waals surface area contributed by atoms with Crippen LogP contribution in [0, 0.1) is 0 Å². The Hall–Kier alpha value is -3.12. The standard InChI is InChI=1S/C22H15F3N2S/c23-22(24,25)20-18(26-16-10-5-2-6-11-16)14-17(19-12-7-13-28-19)27-21(20)15-8-3-1-4-9-15/h1-14H,(H,26,27). The highest BCUT2D eigenvalue weighted by Gasteiger charge is 2.38. The van der Waals surface area contributed by atoms with Crippen molar-refractivity contribution in [3.63, 3.8) is 0 Å². The van der Waals surface area contributed by atoms with E-state index in [1.54, 1.807) is 54.6 Å². The van der Waals surface area contributed by atoms with Crippen LogP contribution in [0.3, 0.4) is 0 Å². The van der Waals surface area contributed by atoms with Gasteiger partial charge in [0.05, 0.1) is 22.0 Å². The summed E-state index contributed by atoms with van der Waals surface area (Å²) in [5.74, 6) is 0. The predicted octanol–water partition coefficient (Wildman–Crippen LogP) is 7.24. The second-order valence-electron chi connectivity index (χ2n) is 6.11. The van der Waals surface area contributed by atoms with Gasteiger partial charge in [-0.3, -0.25) is 0 Å². The SMILES string of the molecule is FC(F)(F)c1c(Nc2ccccc2)cc(-c2cccs2)nc1-c1ccccc1. The van der Waals surface area contributed by atoms with E-state index >= 15 is 0 Å². The maximum Gasteiger partial charge on any atom is 0.420 e. The fourth-order valence-corrected chi connectivity index (χ4v) is 3.65. The highest BCUT2D eigenvalue weighted by molar-refractivity contribution is 7.13. The van der Waals surface area contributed by atoms with Crippen LogP contribution in [-0.4, -0.2) is 4.98 Å². The Balaban J connectivity index is 1.97. The Labute approximate surface area is 164 Å². The van der Waals surface area contributed by atoms with Crippen LogP contribution < -0.4 is 5.32 Å². The molecular formula is C22H15F3N2S. The molecule has 6 heteroatoms. The van der Waals surface area contributed by atoms with E-state index < -0.39 is 11.7 Å². The predicted molar refractivity (Wildman–Crippen MR) is 108 cm³/mol. The van der Waals surface area contributed by atoms with E-state index in [1.165, 1.54) is 17.4 Å². The molecule has 0 fully saturated rings. The number of alkyl halides is 3. The number of hydrogen-bond donors (Lipinski definition) is 1. The molecule has 0 amide bonds. The van der Waals surface area contributed by atoms with E-state index in [9.17, 15) is 13.2 Å². The van der Waals surface area contributed by atoms with Gasteiger partial charge in [-0.25, -0.2) is 4.98 Å². The maximum absolute atomic E-state index is 14.1. The fraction of sp³-hybridized carbons (Fsp3) is 0.0455. The van der Waals surface area contributed by atoms with Gasteiger partial charge in [-0.2, -0.15) is 13.2 Å². The number of thiophene rings is 1. The second-order valence-corrected chi connectivity index (χ2v) is 7.06. The van der Waals surface area contributed by atoms with Crippen molar-refractivity contribution in [1.29, 1.82) is 0 Å². The number of nitrogens with one attached hydrogen (secondary N) is 1. The molecule has 0 spiro atoms. The zero-order chi connectivity index (χ0) is 19.6. The number of aromatic nitrogens is 1. The molecular weight excluding hydrogens is 381 g/mol. The Morgan fingerprint density at radius 1 is 0.821 bits per heavy atom. The largest absolute Gasteiger partial charge is 0.420 e. The van der Waals surface area contributed by atoms with Crippen LogP contribution in [-0.2, 0) is 6.18 Å². The summed E-state index contributed by atoms with van der Waals surface area (Å²) in [7, 11) is 0. The van der Waals surface area contributed by atoms with E-state index in [-0.39, 0.29) is 11.4 Å². The Morgan fingerprint density at radius 2 is 1.50 bits per heavy atom. The Bertz CT molecular complexity index is 1060. The molecule has 0 bridgehead atoms. The van der Waals surface area contributed by atoms with E-state index in [0.717, 1.165) is 4.88 Å². The van der Waals surface area contributed by atoms with Crippen molar-refractivity contribution in [1.82, 2.24) is 4.98 Å². The van der Waals surface area contributed by atoms with Gasteiger partial charge in [-0.05, 0) is 29.6 Å². The summed E-state index contributed by atoms with van der Waals surface area (Å²) in [5, 5.41) is 4.81. The number of nitrogens with zero attached hydrogens (tertiary/aromatic N) is 1. The molecule has 4 rings (SSSR count). The first-order valence-electron chi connectivity index (χ1n) is 8.56. The van der Waals surface area contributed by atoms with Crippen molar-refractivity contribution >= 4 is 22.7 Å². The van der Waals surface area contributed by atoms with Crippen molar-refractivity contribution in [3.8, 4) is 21.8 Å². The minimum Gasteiger partial charge on any atom is -0.355 e. The lowest BCUT2D eigenvalue weighted by atomic mass is 10.0. The summed E-state index contributed by atoms with van der Waals surface area (Å²) in [4.78, 5) is 5.21. The first-order chi connectivity index (χ1) is 13.5. The van der Waals surface area contributed by atoms with Gasteiger partial charge in [0.15, 0.2) is 0 Å². The topological polar surface area (TPSA) is 24.9 Å². The van der Waals surface area contributed by atoms with Gasteiger partial charge in [0, 0.05) is 11.3 Å². The van der Waals surface area contributed by atoms with Gasteiger partial charge in [0.1, 0.15) is 5.56 Å². The van der Waals surface area contributed by atoms with E-state index in [4.69, 9.17) is 0 Å². The van der Waals surface area contributed by atoms with Crippen molar-refractivity contribution in [2.75, 3.05) is 5.32 Å². The second kappa shape index (κ2) is 7.48. The average molecular weight is 396 g/mol. The molecule has 140 valence electrons. The molecule has 0 aliphatic rings. The van der Waals surface area contributed by atoms with Crippen LogP contribution in [0.5, 0.6) is 0 Å². The van der Waals surface area contributed by atoms with Crippen LogP contribution >= 0.6 is 11.3 Å². The zero-order valence-electron chi connectivity index (χ0n) is 14.6. The normalized spacial score (nSPS) is 11.4. The molecule has 0 saturated heterocycles. The zero-order valence-corrected chi connectivity index (χ0v) is 15.4. The van der Waals surface area contributed by atoms with Crippen LogP contribution in [0.4, 0.5) is 24.5 Å². The van der Waals surface area contributed by atoms with Gasteiger partial charge in [-0.15, -0.1) is 11.3 Å². The molecule has 0 unspecified atom stereocenters. The molecule has 2 nitrogen and oxygen atoms in total. The average Bonchev–Trinajstić information content (AvgIpc) is 3.23. The molecule has 0 radical (unpaired) electrons. The molecule has 0 aliphatic carbocycles. The minimum atomic E-state index is -4.57. The first-order valence-corrected chi connectivity index (χ1v) is 9.44. The monoisotopic (exact) mass is 396 g/mol. The maximum atomic E-state index is 14.1. The van der Waals surface area contributed by atoms with Crippen molar-refractivity contribution < 1.29 is 13.2 Å². The Morgan fingerprint density at radius 3 is 2.11 bits per heavy atom. The lowest BCUT2D eigenvalue weighted by Crippen LogP contribution is -2.13. The van der Waals surface area contributed by atoms with Gasteiger partial charge in [-0.1, -0.05) is 54.6 Å². The van der Waals surface area contributed by atoms with Crippen LogP contribution in [0.25, 0.3) is 21.8 Å². The highest BCUT2D eigenvalue weighted by atomic mass is 32.1. The summed E-state index contributed by atoms with van der Waals surface area (Å²) >= 11 is 1.44. The smallest absolute Gasteiger partial charge is 0.355 e. The van der Waals surface area contributed by atoms with E-state index in [1.807, 2.05) is 23.6 Å². The van der Waals surface area contributed by atoms with Crippen LogP contribution in [0.2, 0.25) is 0 Å². The van der Waals surface area contributed by atoms with Gasteiger partial charge in [0.2, 0.25) is 0 Å². The quantitative estimate of drug-likeness (QED) is 0.393. The molecule has 1 N–H and O–H groups in total. The molecule has 28 heavy (non-hydrogen) atoms. The minimum absolute atomic E-state index is 0.0176. The molecule has 2 aromatic carbocycles. The summed E-state index contributed by atoms with van der Waals surface area (Å²) < 4.78 is 42.3. The fourth-order valence-electron chi connectivity index (χ4n) is 2.96. The Kier molecular flexibility index (Phi) is 4.88. The van der Waals surface area contributed by atoms with Crippen LogP contribution in [0.15, 0.2) is 84.2 Å². The number of anilines is 2. The lowest BCUT2D eigenvalue weighted by Gasteiger charge is -2.19. The van der Waals surface area contributed by atoms with Gasteiger partial charge < -0.3 is 5.32 Å². The molecule has 2 aromatic heterocycles. The summed E-state index contributed by atoms with van der Waals surface area (Å²) in [5.41, 5.74) is 0.621. The highest BCUT2D eigenvalue weighted by Crippen LogP contribution is 2.43. The number of hydrogen-bond acceptors (Lipinski definition) is 3. The third-order valence-corrected chi connectivity index (χ3v) is 5.07. The molecule has 2 heterocycles. The third-order valence-electron chi connectivity index (χ3n) is 4.18. The molecule has 0 atom stereocenters. The van der Waals surface area contributed by atoms with Gasteiger partial charge in [0.25, 0.3) is 0 Å². The number of rotatable bonds is 4. The van der Waals surface area contributed by atoms with Crippen LogP contribution in [0.1, 0.15) is 5.56 Å². The summed E-state index contributed by atoms with van der Waals surface area (Å²) in [6.45, 7) is 0. The number of benzene rings is 2. The van der Waals surface area contributed by atoms with Crippen molar-refractivity contribution in [2.45, 2.75) is 6.18 Å². The summed E-state index contributed by atoms with van der Waals surface area (Å²) in [6.07, 6.45) is -4.57. The third kappa shape index (κ3) is 3.77. The first kappa shape index (κ1) is 18.3. The lowest BCUT2D eigenvalue weighted by molar-refractivity contribution is -0.136. The van der Waals surface area contributed by atoms with E-state index in [0.29, 0.717) is 16.9 Å².